The third-order valence-corrected chi connectivity index (χ3v) is 3.86. The molecule has 0 spiro atoms. The Bertz CT molecular complexity index is 449. The lowest BCUT2D eigenvalue weighted by atomic mass is 9.84. The Morgan fingerprint density at radius 3 is 2.55 bits per heavy atom. The average molecular weight is 277 g/mol. The van der Waals surface area contributed by atoms with E-state index in [-0.39, 0.29) is 18.4 Å². The van der Waals surface area contributed by atoms with Gasteiger partial charge in [-0.3, -0.25) is 4.79 Å². The van der Waals surface area contributed by atoms with Crippen LogP contribution in [-0.4, -0.2) is 30.3 Å². The molecule has 1 aliphatic rings. The lowest BCUT2D eigenvalue weighted by Crippen LogP contribution is -2.45. The fourth-order valence-electron chi connectivity index (χ4n) is 2.34. The van der Waals surface area contributed by atoms with E-state index >= 15 is 0 Å². The monoisotopic (exact) mass is 277 g/mol. The number of carbonyl (C=O) groups excluding carboxylic acids is 1. The van der Waals surface area contributed by atoms with Crippen molar-refractivity contribution in [2.45, 2.75) is 38.2 Å². The topological polar surface area (TPSA) is 58.6 Å². The van der Waals surface area contributed by atoms with Gasteiger partial charge >= 0.3 is 0 Å². The van der Waals surface area contributed by atoms with Crippen LogP contribution in [0.25, 0.3) is 0 Å². The van der Waals surface area contributed by atoms with Gasteiger partial charge in [-0.1, -0.05) is 18.6 Å². The highest BCUT2D eigenvalue weighted by molar-refractivity contribution is 5.79. The predicted octanol–water partition coefficient (Wildman–Crippen LogP) is 1.90. The Kier molecular flexibility index (Phi) is 4.65. The molecule has 4 nitrogen and oxygen atoms in total. The minimum Gasteiger partial charge on any atom is -0.497 e. The second-order valence-corrected chi connectivity index (χ2v) is 5.87. The van der Waals surface area contributed by atoms with Gasteiger partial charge in [0.2, 0.25) is 5.91 Å². The van der Waals surface area contributed by atoms with Gasteiger partial charge in [-0.05, 0) is 37.5 Å². The van der Waals surface area contributed by atoms with Gasteiger partial charge in [-0.2, -0.15) is 0 Å². The molecule has 0 heterocycles. The highest BCUT2D eigenvalue weighted by Crippen LogP contribution is 2.26. The first-order chi connectivity index (χ1) is 9.50. The molecule has 0 aromatic heterocycles. The van der Waals surface area contributed by atoms with Crippen molar-refractivity contribution in [3.8, 4) is 5.75 Å². The molecule has 1 atom stereocenters. The maximum absolute atomic E-state index is 11.8. The van der Waals surface area contributed by atoms with Gasteiger partial charge in [0, 0.05) is 18.9 Å². The van der Waals surface area contributed by atoms with Crippen LogP contribution in [0.4, 0.5) is 0 Å². The fourth-order valence-corrected chi connectivity index (χ4v) is 2.34. The molecular formula is C16H23NO3. The molecule has 0 radical (unpaired) electrons. The van der Waals surface area contributed by atoms with Crippen LogP contribution in [-0.2, 0) is 11.2 Å². The zero-order valence-corrected chi connectivity index (χ0v) is 12.2. The maximum Gasteiger partial charge on any atom is 0.223 e. The van der Waals surface area contributed by atoms with Crippen LogP contribution in [0.1, 0.15) is 31.7 Å². The second kappa shape index (κ2) is 6.27. The normalized spacial score (nSPS) is 17.9. The minimum atomic E-state index is -0.937. The molecule has 0 unspecified atom stereocenters. The van der Waals surface area contributed by atoms with Gasteiger partial charge in [-0.15, -0.1) is 0 Å². The van der Waals surface area contributed by atoms with Crippen LogP contribution < -0.4 is 10.1 Å². The summed E-state index contributed by atoms with van der Waals surface area (Å²) in [7, 11) is 1.63. The first-order valence-electron chi connectivity index (χ1n) is 7.13. The Labute approximate surface area is 120 Å². The Morgan fingerprint density at radius 1 is 1.40 bits per heavy atom. The summed E-state index contributed by atoms with van der Waals surface area (Å²) in [6.45, 7) is 2.03. The first kappa shape index (κ1) is 14.9. The number of aliphatic hydroxyl groups is 1. The van der Waals surface area contributed by atoms with Crippen molar-refractivity contribution in [1.82, 2.24) is 5.32 Å². The van der Waals surface area contributed by atoms with Crippen LogP contribution in [0, 0.1) is 5.92 Å². The maximum atomic E-state index is 11.8. The van der Waals surface area contributed by atoms with E-state index in [1.165, 1.54) is 0 Å². The molecule has 110 valence electrons. The number of ether oxygens (including phenoxy) is 1. The molecule has 0 aliphatic heterocycles. The Balaban J connectivity index is 1.83. The van der Waals surface area contributed by atoms with Crippen LogP contribution in [0.3, 0.4) is 0 Å². The van der Waals surface area contributed by atoms with Gasteiger partial charge in [0.05, 0.1) is 12.7 Å². The number of methoxy groups -OCH3 is 1. The molecule has 1 saturated carbocycles. The highest BCUT2D eigenvalue weighted by Gasteiger charge is 2.28. The van der Waals surface area contributed by atoms with Crippen molar-refractivity contribution in [1.29, 1.82) is 0 Å². The van der Waals surface area contributed by atoms with E-state index in [9.17, 15) is 9.90 Å². The van der Waals surface area contributed by atoms with Crippen molar-refractivity contribution < 1.29 is 14.6 Å². The molecule has 1 aliphatic carbocycles. The number of benzene rings is 1. The molecule has 4 heteroatoms. The molecule has 0 bridgehead atoms. The number of hydrogen-bond acceptors (Lipinski definition) is 3. The number of rotatable bonds is 6. The first-order valence-corrected chi connectivity index (χ1v) is 7.13. The van der Waals surface area contributed by atoms with Crippen LogP contribution in [0.15, 0.2) is 24.3 Å². The van der Waals surface area contributed by atoms with Crippen molar-refractivity contribution >= 4 is 5.91 Å². The molecular weight excluding hydrogens is 254 g/mol. The van der Waals surface area contributed by atoms with Gasteiger partial charge in [0.15, 0.2) is 0 Å². The lowest BCUT2D eigenvalue weighted by Gasteiger charge is -2.28. The van der Waals surface area contributed by atoms with Gasteiger partial charge in [0.1, 0.15) is 5.75 Å². The smallest absolute Gasteiger partial charge is 0.223 e. The SMILES string of the molecule is COc1ccc(C[C@@](C)(O)CNC(=O)C2CCC2)cc1. The molecule has 2 N–H and O–H groups in total. The van der Waals surface area contributed by atoms with Crippen molar-refractivity contribution in [2.75, 3.05) is 13.7 Å². The van der Waals surface area contributed by atoms with E-state index in [2.05, 4.69) is 5.32 Å². The molecule has 1 aromatic carbocycles. The Morgan fingerprint density at radius 2 is 2.05 bits per heavy atom. The summed E-state index contributed by atoms with van der Waals surface area (Å²) in [4.78, 5) is 11.8. The van der Waals surface area contributed by atoms with Gasteiger partial charge in [0.25, 0.3) is 0 Å². The van der Waals surface area contributed by atoms with Gasteiger partial charge < -0.3 is 15.2 Å². The number of carbonyl (C=O) groups is 1. The van der Waals surface area contributed by atoms with Crippen LogP contribution in [0.5, 0.6) is 5.75 Å². The van der Waals surface area contributed by atoms with E-state index in [0.717, 1.165) is 30.6 Å². The van der Waals surface area contributed by atoms with Crippen molar-refractivity contribution in [2.24, 2.45) is 5.92 Å². The summed E-state index contributed by atoms with van der Waals surface area (Å²) >= 11 is 0. The molecule has 2 rings (SSSR count). The Hall–Kier alpha value is -1.55. The summed E-state index contributed by atoms with van der Waals surface area (Å²) in [5.74, 6) is 1.03. The number of hydrogen-bond donors (Lipinski definition) is 2. The van der Waals surface area contributed by atoms with E-state index in [0.29, 0.717) is 6.42 Å². The second-order valence-electron chi connectivity index (χ2n) is 5.87. The zero-order valence-electron chi connectivity index (χ0n) is 12.2. The fraction of sp³-hybridized carbons (Fsp3) is 0.562. The third-order valence-electron chi connectivity index (χ3n) is 3.86. The van der Waals surface area contributed by atoms with E-state index < -0.39 is 5.60 Å². The molecule has 1 amide bonds. The third kappa shape index (κ3) is 3.97. The van der Waals surface area contributed by atoms with E-state index in [4.69, 9.17) is 4.74 Å². The largest absolute Gasteiger partial charge is 0.497 e. The molecule has 1 fully saturated rings. The summed E-state index contributed by atoms with van der Waals surface area (Å²) < 4.78 is 5.10. The van der Waals surface area contributed by atoms with E-state index in [1.54, 1.807) is 14.0 Å². The zero-order chi connectivity index (χ0) is 14.6. The van der Waals surface area contributed by atoms with Crippen molar-refractivity contribution in [3.05, 3.63) is 29.8 Å². The number of amides is 1. The summed E-state index contributed by atoms with van der Waals surface area (Å²) in [5, 5.41) is 13.2. The summed E-state index contributed by atoms with van der Waals surface area (Å²) in [6, 6.07) is 7.61. The quantitative estimate of drug-likeness (QED) is 0.835. The standard InChI is InChI=1S/C16H23NO3/c1-16(19,11-17-15(18)13-4-3-5-13)10-12-6-8-14(20-2)9-7-12/h6-9,13,19H,3-5,10-11H2,1-2H3,(H,17,18)/t16-/m1/s1. The number of nitrogens with one attached hydrogen (secondary N) is 1. The van der Waals surface area contributed by atoms with Crippen molar-refractivity contribution in [3.63, 3.8) is 0 Å². The summed E-state index contributed by atoms with van der Waals surface area (Å²) in [5.41, 5.74) is 0.0854. The van der Waals surface area contributed by atoms with Crippen LogP contribution in [0.2, 0.25) is 0 Å². The van der Waals surface area contributed by atoms with Crippen LogP contribution >= 0.6 is 0 Å². The predicted molar refractivity (Wildman–Crippen MR) is 77.7 cm³/mol. The lowest BCUT2D eigenvalue weighted by molar-refractivity contribution is -0.128. The molecule has 1 aromatic rings. The highest BCUT2D eigenvalue weighted by atomic mass is 16.5. The summed E-state index contributed by atoms with van der Waals surface area (Å²) in [6.07, 6.45) is 3.60. The van der Waals surface area contributed by atoms with Gasteiger partial charge in [-0.25, -0.2) is 0 Å². The average Bonchev–Trinajstić information content (AvgIpc) is 2.35. The molecule has 0 saturated heterocycles. The molecule has 20 heavy (non-hydrogen) atoms. The minimum absolute atomic E-state index is 0.0752. The van der Waals surface area contributed by atoms with E-state index in [1.807, 2.05) is 24.3 Å².